The molecule has 4 aromatic carbocycles. The first-order valence-corrected chi connectivity index (χ1v) is 22.3. The number of benzene rings is 4. The standard InChI is InChI=1S/C27H31NO6.C26H29NO7/c1-19-15-22(24(29)34-27(2,3)4)23(25(30)32-17-20-11-7-5-8-12-20)28(16-19)26(31)33-18-21-13-9-6-10-14-21;1-26(2,3)34-23(29)21-14-20(28)15-27(25(31)33-17-19-12-8-5-9-13-19)22(21)24(30)32-16-18-10-6-4-7-11-18/h5-14,22-23H,1,15-18H2,2-4H3;4-13,21-22H,14-17H2,1-3H3/t22-,23-;21-,22-/m00/s1. The SMILES string of the molecule is C=C1C[C@H](C(=O)OC(C)(C)C)[C@@H](C(=O)OCc2ccccc2)N(C(=O)OCc2ccccc2)C1.CC(C)(C)OC(=O)[C@H]1CC(=O)CN(C(=O)OCc2ccccc2)[C@@H]1C(=O)OCc1ccccc1. The Morgan fingerprint density at radius 3 is 1.12 bits per heavy atom. The van der Waals surface area contributed by atoms with Gasteiger partial charge in [0.2, 0.25) is 0 Å². The van der Waals surface area contributed by atoms with Crippen molar-refractivity contribution in [1.82, 2.24) is 9.80 Å². The number of likely N-dealkylation sites (tertiary alicyclic amines) is 2. The largest absolute Gasteiger partial charge is 0.460 e. The molecule has 2 aliphatic rings. The third kappa shape index (κ3) is 16.0. The van der Waals surface area contributed by atoms with Crippen LogP contribution in [0.5, 0.6) is 0 Å². The maximum absolute atomic E-state index is 13.2. The summed E-state index contributed by atoms with van der Waals surface area (Å²) in [7, 11) is 0. The number of hydrogen-bond acceptors (Lipinski definition) is 13. The van der Waals surface area contributed by atoms with E-state index in [1.807, 2.05) is 72.8 Å². The Kier molecular flexibility index (Phi) is 18.2. The zero-order valence-corrected chi connectivity index (χ0v) is 39.4. The Balaban J connectivity index is 0.000000254. The van der Waals surface area contributed by atoms with Crippen LogP contribution in [0.2, 0.25) is 0 Å². The molecule has 2 aliphatic heterocycles. The Morgan fingerprint density at radius 1 is 0.471 bits per heavy atom. The van der Waals surface area contributed by atoms with Crippen LogP contribution in [0, 0.1) is 11.8 Å². The summed E-state index contributed by atoms with van der Waals surface area (Å²) < 4.78 is 32.8. The predicted molar refractivity (Wildman–Crippen MR) is 249 cm³/mol. The number of rotatable bonds is 12. The second-order valence-corrected chi connectivity index (χ2v) is 18.4. The molecule has 0 radical (unpaired) electrons. The van der Waals surface area contributed by atoms with Gasteiger partial charge in [0.15, 0.2) is 5.78 Å². The van der Waals surface area contributed by atoms with Crippen LogP contribution in [0.15, 0.2) is 133 Å². The minimum absolute atomic E-state index is 0.0189. The lowest BCUT2D eigenvalue weighted by atomic mass is 9.86. The van der Waals surface area contributed by atoms with E-state index in [4.69, 9.17) is 28.4 Å². The molecule has 360 valence electrons. The van der Waals surface area contributed by atoms with Gasteiger partial charge >= 0.3 is 36.1 Å². The molecule has 15 heteroatoms. The van der Waals surface area contributed by atoms with E-state index in [0.717, 1.165) is 27.2 Å². The number of esters is 4. The van der Waals surface area contributed by atoms with Crippen molar-refractivity contribution in [1.29, 1.82) is 0 Å². The van der Waals surface area contributed by atoms with E-state index in [1.165, 1.54) is 4.90 Å². The Bertz CT molecular complexity index is 2190. The molecule has 2 saturated heterocycles. The van der Waals surface area contributed by atoms with Crippen LogP contribution in [-0.4, -0.2) is 88.0 Å². The first kappa shape index (κ1) is 51.7. The maximum atomic E-state index is 13.2. The predicted octanol–water partition coefficient (Wildman–Crippen LogP) is 8.32. The highest BCUT2D eigenvalue weighted by molar-refractivity contribution is 5.96. The van der Waals surface area contributed by atoms with Crippen molar-refractivity contribution in [2.24, 2.45) is 11.8 Å². The van der Waals surface area contributed by atoms with E-state index in [1.54, 1.807) is 90.1 Å². The van der Waals surface area contributed by atoms with E-state index in [2.05, 4.69) is 6.58 Å². The normalized spacial score (nSPS) is 18.2. The Morgan fingerprint density at radius 2 is 0.779 bits per heavy atom. The van der Waals surface area contributed by atoms with Crippen LogP contribution in [0.3, 0.4) is 0 Å². The molecule has 15 nitrogen and oxygen atoms in total. The number of carbonyl (C=O) groups is 7. The second-order valence-electron chi connectivity index (χ2n) is 18.4. The summed E-state index contributed by atoms with van der Waals surface area (Å²) >= 11 is 0. The smallest absolute Gasteiger partial charge is 0.411 e. The number of hydrogen-bond donors (Lipinski definition) is 0. The van der Waals surface area contributed by atoms with Gasteiger partial charge in [-0.3, -0.25) is 24.2 Å². The highest BCUT2D eigenvalue weighted by Gasteiger charge is 2.49. The Labute approximate surface area is 397 Å². The van der Waals surface area contributed by atoms with Crippen molar-refractivity contribution in [2.75, 3.05) is 13.1 Å². The van der Waals surface area contributed by atoms with Crippen LogP contribution < -0.4 is 0 Å². The fraction of sp³-hybridized carbons (Fsp3) is 0.377. The van der Waals surface area contributed by atoms with Crippen molar-refractivity contribution in [3.8, 4) is 0 Å². The number of carbonyl (C=O) groups excluding carboxylic acids is 7. The number of nitrogens with zero attached hydrogens (tertiary/aromatic N) is 2. The van der Waals surface area contributed by atoms with Crippen LogP contribution in [0.4, 0.5) is 9.59 Å². The molecule has 0 aliphatic carbocycles. The molecule has 0 saturated carbocycles. The molecule has 4 aromatic rings. The summed E-state index contributed by atoms with van der Waals surface area (Å²) in [4.78, 5) is 93.0. The van der Waals surface area contributed by atoms with Crippen LogP contribution >= 0.6 is 0 Å². The van der Waals surface area contributed by atoms with E-state index < -0.39 is 71.2 Å². The number of piperidine rings is 2. The first-order chi connectivity index (χ1) is 32.3. The van der Waals surface area contributed by atoms with Gasteiger partial charge in [0.25, 0.3) is 0 Å². The lowest BCUT2D eigenvalue weighted by Crippen LogP contribution is -2.58. The van der Waals surface area contributed by atoms with Crippen molar-refractivity contribution >= 4 is 41.8 Å². The number of amides is 2. The van der Waals surface area contributed by atoms with Gasteiger partial charge in [0.05, 0.1) is 18.4 Å². The summed E-state index contributed by atoms with van der Waals surface area (Å²) in [6.45, 7) is 13.9. The molecule has 6 rings (SSSR count). The van der Waals surface area contributed by atoms with Gasteiger partial charge in [0, 0.05) is 13.0 Å². The average molecular weight is 933 g/mol. The monoisotopic (exact) mass is 932 g/mol. The van der Waals surface area contributed by atoms with Crippen LogP contribution in [0.25, 0.3) is 0 Å². The molecule has 0 N–H and O–H groups in total. The van der Waals surface area contributed by atoms with Gasteiger partial charge in [-0.1, -0.05) is 133 Å². The van der Waals surface area contributed by atoms with Crippen molar-refractivity contribution < 1.29 is 62.0 Å². The molecule has 0 spiro atoms. The summed E-state index contributed by atoms with van der Waals surface area (Å²) in [6.07, 6.45) is -1.63. The summed E-state index contributed by atoms with van der Waals surface area (Å²) in [6, 6.07) is 33.9. The number of ether oxygens (including phenoxy) is 6. The van der Waals surface area contributed by atoms with Crippen molar-refractivity contribution in [3.63, 3.8) is 0 Å². The third-order valence-corrected chi connectivity index (χ3v) is 10.4. The van der Waals surface area contributed by atoms with Gasteiger partial charge < -0.3 is 28.4 Å². The van der Waals surface area contributed by atoms with Crippen molar-refractivity contribution in [2.45, 2.75) is 104 Å². The first-order valence-electron chi connectivity index (χ1n) is 22.3. The molecule has 68 heavy (non-hydrogen) atoms. The molecular weight excluding hydrogens is 873 g/mol. The van der Waals surface area contributed by atoms with Crippen molar-refractivity contribution in [3.05, 3.63) is 156 Å². The van der Waals surface area contributed by atoms with E-state index in [-0.39, 0.29) is 58.1 Å². The van der Waals surface area contributed by atoms with Gasteiger partial charge in [0.1, 0.15) is 49.7 Å². The quantitative estimate of drug-likeness (QED) is 0.0752. The summed E-state index contributed by atoms with van der Waals surface area (Å²) in [5.74, 6) is -5.35. The molecule has 0 unspecified atom stereocenters. The number of ketones is 1. The average Bonchev–Trinajstić information content (AvgIpc) is 3.30. The summed E-state index contributed by atoms with van der Waals surface area (Å²) in [5.41, 5.74) is 2.11. The van der Waals surface area contributed by atoms with Gasteiger partial charge in [-0.15, -0.1) is 0 Å². The highest BCUT2D eigenvalue weighted by Crippen LogP contribution is 2.32. The lowest BCUT2D eigenvalue weighted by molar-refractivity contribution is -0.173. The molecule has 2 fully saturated rings. The van der Waals surface area contributed by atoms with E-state index in [0.29, 0.717) is 5.57 Å². The van der Waals surface area contributed by atoms with Gasteiger partial charge in [-0.05, 0) is 70.2 Å². The summed E-state index contributed by atoms with van der Waals surface area (Å²) in [5, 5.41) is 0. The number of Topliss-reactive ketones (excluding diaryl/α,β-unsaturated/α-hetero) is 1. The van der Waals surface area contributed by atoms with Gasteiger partial charge in [-0.25, -0.2) is 19.2 Å². The molecule has 4 atom stereocenters. The van der Waals surface area contributed by atoms with E-state index >= 15 is 0 Å². The second kappa shape index (κ2) is 23.9. The van der Waals surface area contributed by atoms with Crippen LogP contribution in [0.1, 0.15) is 76.6 Å². The molecular formula is C53H60N2O13. The minimum atomic E-state index is -1.35. The highest BCUT2D eigenvalue weighted by atomic mass is 16.6. The minimum Gasteiger partial charge on any atom is -0.460 e. The topological polar surface area (TPSA) is 181 Å². The Hall–Kier alpha value is -7.29. The lowest BCUT2D eigenvalue weighted by Gasteiger charge is -2.39. The fourth-order valence-electron chi connectivity index (χ4n) is 7.32. The van der Waals surface area contributed by atoms with E-state index in [9.17, 15) is 33.6 Å². The molecule has 0 bridgehead atoms. The fourth-order valence-corrected chi connectivity index (χ4v) is 7.32. The molecule has 2 heterocycles. The van der Waals surface area contributed by atoms with Gasteiger partial charge in [-0.2, -0.15) is 0 Å². The zero-order valence-electron chi connectivity index (χ0n) is 39.4. The molecule has 0 aromatic heterocycles. The third-order valence-electron chi connectivity index (χ3n) is 10.4. The zero-order chi connectivity index (χ0) is 49.4. The molecule has 2 amide bonds. The maximum Gasteiger partial charge on any atom is 0.411 e. The van der Waals surface area contributed by atoms with Crippen LogP contribution in [-0.2, 0) is 78.8 Å².